The molecule has 1 rings (SSSR count). The van der Waals surface area contributed by atoms with Crippen molar-refractivity contribution in [2.45, 2.75) is 38.1 Å². The second kappa shape index (κ2) is 7.27. The van der Waals surface area contributed by atoms with E-state index in [1.807, 2.05) is 0 Å². The number of carbonyl (C=O) groups excluding carboxylic acids is 2. The van der Waals surface area contributed by atoms with E-state index in [-0.39, 0.29) is 11.8 Å². The van der Waals surface area contributed by atoms with Crippen LogP contribution in [0, 0.1) is 0 Å². The molecular weight excluding hydrogens is 218 g/mol. The third-order valence-corrected chi connectivity index (χ3v) is 3.02. The van der Waals surface area contributed by atoms with Gasteiger partial charge in [-0.1, -0.05) is 12.8 Å². The Kier molecular flexibility index (Phi) is 5.97. The van der Waals surface area contributed by atoms with Crippen LogP contribution in [0.5, 0.6) is 0 Å². The highest BCUT2D eigenvalue weighted by molar-refractivity contribution is 5.78. The van der Waals surface area contributed by atoms with Crippen molar-refractivity contribution in [2.75, 3.05) is 27.2 Å². The van der Waals surface area contributed by atoms with Crippen LogP contribution in [0.1, 0.15) is 32.1 Å². The van der Waals surface area contributed by atoms with E-state index in [9.17, 15) is 9.59 Å². The largest absolute Gasteiger partial charge is 0.352 e. The molecule has 1 saturated carbocycles. The van der Waals surface area contributed by atoms with Crippen molar-refractivity contribution >= 4 is 11.8 Å². The molecule has 0 unspecified atom stereocenters. The van der Waals surface area contributed by atoms with Crippen molar-refractivity contribution < 1.29 is 9.59 Å². The Morgan fingerprint density at radius 2 is 1.88 bits per heavy atom. The van der Waals surface area contributed by atoms with Gasteiger partial charge in [-0.25, -0.2) is 0 Å². The summed E-state index contributed by atoms with van der Waals surface area (Å²) in [5.41, 5.74) is 0. The minimum absolute atomic E-state index is 0.0363. The Labute approximate surface area is 103 Å². The van der Waals surface area contributed by atoms with E-state index < -0.39 is 0 Å². The fraction of sp³-hybridized carbons (Fsp3) is 0.833. The summed E-state index contributed by atoms with van der Waals surface area (Å²) in [5.74, 6) is 0.114. The molecule has 0 aromatic rings. The number of nitrogens with zero attached hydrogens (tertiary/aromatic N) is 1. The number of carbonyl (C=O) groups is 2. The van der Waals surface area contributed by atoms with Gasteiger partial charge in [0.1, 0.15) is 0 Å². The predicted molar refractivity (Wildman–Crippen MR) is 66.6 cm³/mol. The minimum atomic E-state index is 0.0363. The normalized spacial score (nSPS) is 15.9. The van der Waals surface area contributed by atoms with Gasteiger partial charge >= 0.3 is 0 Å². The van der Waals surface area contributed by atoms with Crippen molar-refractivity contribution in [1.29, 1.82) is 0 Å². The Hall–Kier alpha value is -1.10. The molecule has 0 heterocycles. The van der Waals surface area contributed by atoms with Crippen molar-refractivity contribution in [3.8, 4) is 0 Å². The van der Waals surface area contributed by atoms with E-state index in [1.54, 1.807) is 19.0 Å². The third kappa shape index (κ3) is 5.68. The van der Waals surface area contributed by atoms with Crippen LogP contribution in [0.4, 0.5) is 0 Å². The second-order valence-electron chi connectivity index (χ2n) is 4.76. The number of rotatable bonds is 6. The summed E-state index contributed by atoms with van der Waals surface area (Å²) in [7, 11) is 3.46. The molecule has 2 amide bonds. The van der Waals surface area contributed by atoms with Crippen LogP contribution in [-0.2, 0) is 9.59 Å². The number of hydrogen-bond donors (Lipinski definition) is 2. The van der Waals surface area contributed by atoms with E-state index >= 15 is 0 Å². The maximum Gasteiger partial charge on any atom is 0.234 e. The Bertz CT molecular complexity index is 260. The first-order valence-electron chi connectivity index (χ1n) is 6.30. The summed E-state index contributed by atoms with van der Waals surface area (Å²) in [6.45, 7) is 0.853. The highest BCUT2D eigenvalue weighted by Crippen LogP contribution is 2.17. The summed E-state index contributed by atoms with van der Waals surface area (Å²) < 4.78 is 0. The molecule has 1 fully saturated rings. The summed E-state index contributed by atoms with van der Waals surface area (Å²) in [6.07, 6.45) is 5.07. The van der Waals surface area contributed by atoms with Crippen molar-refractivity contribution in [2.24, 2.45) is 0 Å². The molecule has 0 saturated heterocycles. The Morgan fingerprint density at radius 3 is 2.47 bits per heavy atom. The van der Waals surface area contributed by atoms with Crippen LogP contribution in [0.15, 0.2) is 0 Å². The molecule has 1 aliphatic rings. The van der Waals surface area contributed by atoms with Crippen LogP contribution < -0.4 is 10.6 Å². The van der Waals surface area contributed by atoms with E-state index in [4.69, 9.17) is 0 Å². The second-order valence-corrected chi connectivity index (χ2v) is 4.76. The molecule has 1 aliphatic carbocycles. The molecule has 2 N–H and O–H groups in total. The van der Waals surface area contributed by atoms with Gasteiger partial charge in [-0.15, -0.1) is 0 Å². The molecule has 0 bridgehead atoms. The van der Waals surface area contributed by atoms with Gasteiger partial charge in [0, 0.05) is 33.1 Å². The third-order valence-electron chi connectivity index (χ3n) is 3.02. The van der Waals surface area contributed by atoms with Gasteiger partial charge in [0.2, 0.25) is 11.8 Å². The molecule has 0 spiro atoms. The zero-order chi connectivity index (χ0) is 12.7. The lowest BCUT2D eigenvalue weighted by Crippen LogP contribution is -2.40. The van der Waals surface area contributed by atoms with E-state index in [0.717, 1.165) is 12.8 Å². The number of amides is 2. The zero-order valence-corrected chi connectivity index (χ0v) is 10.8. The first-order chi connectivity index (χ1) is 8.09. The van der Waals surface area contributed by atoms with Crippen LogP contribution in [0.2, 0.25) is 0 Å². The number of nitrogens with one attached hydrogen (secondary N) is 2. The van der Waals surface area contributed by atoms with Gasteiger partial charge in [0.25, 0.3) is 0 Å². The summed E-state index contributed by atoms with van der Waals surface area (Å²) >= 11 is 0. The van der Waals surface area contributed by atoms with Gasteiger partial charge in [-0.05, 0) is 12.8 Å². The van der Waals surface area contributed by atoms with E-state index in [2.05, 4.69) is 10.6 Å². The lowest BCUT2D eigenvalue weighted by atomic mass is 10.2. The molecule has 98 valence electrons. The average Bonchev–Trinajstić information content (AvgIpc) is 2.76. The lowest BCUT2D eigenvalue weighted by molar-refractivity contribution is -0.128. The molecule has 0 radical (unpaired) electrons. The Morgan fingerprint density at radius 1 is 1.24 bits per heavy atom. The van der Waals surface area contributed by atoms with Crippen LogP contribution in [0.3, 0.4) is 0 Å². The van der Waals surface area contributed by atoms with Crippen molar-refractivity contribution in [1.82, 2.24) is 15.5 Å². The van der Waals surface area contributed by atoms with Gasteiger partial charge < -0.3 is 15.5 Å². The van der Waals surface area contributed by atoms with Crippen molar-refractivity contribution in [3.05, 3.63) is 0 Å². The quantitative estimate of drug-likeness (QED) is 0.649. The minimum Gasteiger partial charge on any atom is -0.352 e. The molecule has 5 heteroatoms. The van der Waals surface area contributed by atoms with Gasteiger partial charge in [-0.3, -0.25) is 9.59 Å². The molecule has 17 heavy (non-hydrogen) atoms. The van der Waals surface area contributed by atoms with Gasteiger partial charge in [0.15, 0.2) is 0 Å². The molecule has 5 nitrogen and oxygen atoms in total. The maximum absolute atomic E-state index is 11.5. The fourth-order valence-electron chi connectivity index (χ4n) is 1.97. The highest BCUT2D eigenvalue weighted by Gasteiger charge is 2.16. The smallest absolute Gasteiger partial charge is 0.234 e. The topological polar surface area (TPSA) is 61.4 Å². The fourth-order valence-corrected chi connectivity index (χ4v) is 1.97. The van der Waals surface area contributed by atoms with E-state index in [1.165, 1.54) is 12.8 Å². The SMILES string of the molecule is CN(C)C(=O)CCNCC(=O)NC1CCCC1. The Balaban J connectivity index is 2.02. The van der Waals surface area contributed by atoms with Gasteiger partial charge in [0.05, 0.1) is 6.54 Å². The first kappa shape index (κ1) is 14.0. The van der Waals surface area contributed by atoms with Gasteiger partial charge in [-0.2, -0.15) is 0 Å². The van der Waals surface area contributed by atoms with Crippen LogP contribution in [0.25, 0.3) is 0 Å². The lowest BCUT2D eigenvalue weighted by Gasteiger charge is -2.13. The molecule has 0 aromatic carbocycles. The molecule has 0 aliphatic heterocycles. The molecular formula is C12H23N3O2. The summed E-state index contributed by atoms with van der Waals surface area (Å²) in [4.78, 5) is 24.3. The standard InChI is InChI=1S/C12H23N3O2/c1-15(2)12(17)7-8-13-9-11(16)14-10-5-3-4-6-10/h10,13H,3-9H2,1-2H3,(H,14,16). The van der Waals surface area contributed by atoms with Crippen LogP contribution >= 0.6 is 0 Å². The average molecular weight is 241 g/mol. The predicted octanol–water partition coefficient (Wildman–Crippen LogP) is 0.113. The maximum atomic E-state index is 11.5. The molecule has 0 aromatic heterocycles. The van der Waals surface area contributed by atoms with Crippen LogP contribution in [-0.4, -0.2) is 49.9 Å². The monoisotopic (exact) mass is 241 g/mol. The first-order valence-corrected chi connectivity index (χ1v) is 6.30. The van der Waals surface area contributed by atoms with E-state index in [0.29, 0.717) is 25.6 Å². The molecule has 0 atom stereocenters. The summed E-state index contributed by atoms with van der Waals surface area (Å²) in [5, 5.41) is 5.98. The summed E-state index contributed by atoms with van der Waals surface area (Å²) in [6, 6.07) is 0.368. The zero-order valence-electron chi connectivity index (χ0n) is 10.8. The van der Waals surface area contributed by atoms with Crippen molar-refractivity contribution in [3.63, 3.8) is 0 Å². The highest BCUT2D eigenvalue weighted by atomic mass is 16.2. The number of hydrogen-bond acceptors (Lipinski definition) is 3.